The normalized spacial score (nSPS) is 19.3. The van der Waals surface area contributed by atoms with Crippen molar-refractivity contribution < 1.29 is 19.0 Å². The minimum atomic E-state index is -0.992. The lowest BCUT2D eigenvalue weighted by molar-refractivity contribution is 0.0342. The number of hydrogen-bond donors (Lipinski definition) is 1. The van der Waals surface area contributed by atoms with Crippen molar-refractivity contribution in [2.45, 2.75) is 70.6 Å². The standard InChI is InChI=1S/C35H40FN5O5/c1-35(2,3)41(34(44)45)27-13-11-26(12-14-27)40-32(42)30-20-25(36)21-37-31(30)39(33(40)43)28-9-6-8-23(19-28)29-10-5-4-7-24(29)22-38-15-17-46-18-16-38/h4-10,19-21,26-27H,11-18,22H2,1-3H3,(H,44,45). The summed E-state index contributed by atoms with van der Waals surface area (Å²) in [6.07, 6.45) is 1.88. The van der Waals surface area contributed by atoms with Crippen LogP contribution in [-0.4, -0.2) is 73.0 Å². The Morgan fingerprint density at radius 3 is 2.43 bits per heavy atom. The molecule has 0 radical (unpaired) electrons. The van der Waals surface area contributed by atoms with Crippen LogP contribution >= 0.6 is 0 Å². The summed E-state index contributed by atoms with van der Waals surface area (Å²) in [5, 5.41) is 9.93. The SMILES string of the molecule is CC(C)(C)N(C(=O)O)C1CCC(n2c(=O)c3cc(F)cnc3n(-c3cccc(-c4ccccc4CN4CCOCC4)c3)c2=O)CC1. The second kappa shape index (κ2) is 12.8. The molecule has 1 saturated heterocycles. The van der Waals surface area contributed by atoms with Gasteiger partial charge in [-0.25, -0.2) is 23.5 Å². The van der Waals surface area contributed by atoms with E-state index >= 15 is 0 Å². The molecule has 10 nitrogen and oxygen atoms in total. The maximum Gasteiger partial charge on any atom is 0.407 e. The van der Waals surface area contributed by atoms with E-state index in [0.717, 1.165) is 48.6 Å². The van der Waals surface area contributed by atoms with Crippen LogP contribution in [0.5, 0.6) is 0 Å². The Morgan fingerprint density at radius 2 is 1.74 bits per heavy atom. The van der Waals surface area contributed by atoms with Crippen molar-refractivity contribution in [1.82, 2.24) is 23.9 Å². The number of fused-ring (bicyclic) bond motifs is 1. The number of carboxylic acid groups (broad SMARTS) is 1. The van der Waals surface area contributed by atoms with E-state index in [-0.39, 0.29) is 17.1 Å². The molecule has 4 aromatic rings. The van der Waals surface area contributed by atoms with Gasteiger partial charge in [-0.1, -0.05) is 36.4 Å². The van der Waals surface area contributed by atoms with Crippen LogP contribution in [0, 0.1) is 5.82 Å². The molecule has 11 heteroatoms. The van der Waals surface area contributed by atoms with Gasteiger partial charge in [0, 0.05) is 37.3 Å². The summed E-state index contributed by atoms with van der Waals surface area (Å²) in [5.41, 5.74) is 1.94. The van der Waals surface area contributed by atoms with Crippen molar-refractivity contribution in [2.75, 3.05) is 26.3 Å². The summed E-state index contributed by atoms with van der Waals surface area (Å²) >= 11 is 0. The van der Waals surface area contributed by atoms with Crippen LogP contribution in [0.15, 0.2) is 70.4 Å². The summed E-state index contributed by atoms with van der Waals surface area (Å²) < 4.78 is 22.6. The van der Waals surface area contributed by atoms with Crippen molar-refractivity contribution in [3.8, 4) is 16.8 Å². The monoisotopic (exact) mass is 629 g/mol. The first-order valence-electron chi connectivity index (χ1n) is 15.9. The number of pyridine rings is 1. The molecular formula is C35H40FN5O5. The van der Waals surface area contributed by atoms with Crippen LogP contribution in [0.2, 0.25) is 0 Å². The Morgan fingerprint density at radius 1 is 1.02 bits per heavy atom. The number of carbonyl (C=O) groups is 1. The quantitative estimate of drug-likeness (QED) is 0.302. The third-order valence-electron chi connectivity index (χ3n) is 9.15. The fourth-order valence-electron chi connectivity index (χ4n) is 7.06. The van der Waals surface area contributed by atoms with Crippen molar-refractivity contribution in [1.29, 1.82) is 0 Å². The number of rotatable bonds is 6. The van der Waals surface area contributed by atoms with Gasteiger partial charge in [0.2, 0.25) is 0 Å². The van der Waals surface area contributed by atoms with Crippen molar-refractivity contribution in [2.24, 2.45) is 0 Å². The lowest BCUT2D eigenvalue weighted by Gasteiger charge is -2.42. The molecule has 0 bridgehead atoms. The highest BCUT2D eigenvalue weighted by Crippen LogP contribution is 2.34. The number of benzene rings is 2. The molecule has 1 aliphatic carbocycles. The van der Waals surface area contributed by atoms with E-state index in [9.17, 15) is 23.9 Å². The maximum atomic E-state index is 14.5. The largest absolute Gasteiger partial charge is 0.465 e. The van der Waals surface area contributed by atoms with Gasteiger partial charge in [-0.05, 0) is 81.3 Å². The zero-order valence-corrected chi connectivity index (χ0v) is 26.5. The van der Waals surface area contributed by atoms with Gasteiger partial charge in [0.15, 0.2) is 5.65 Å². The molecule has 1 saturated carbocycles. The highest BCUT2D eigenvalue weighted by Gasteiger charge is 2.37. The second-order valence-corrected chi connectivity index (χ2v) is 13.2. The smallest absolute Gasteiger partial charge is 0.407 e. The highest BCUT2D eigenvalue weighted by molar-refractivity contribution is 5.77. The Kier molecular flexibility index (Phi) is 8.80. The van der Waals surface area contributed by atoms with E-state index in [2.05, 4.69) is 22.0 Å². The highest BCUT2D eigenvalue weighted by atomic mass is 19.1. The topological polar surface area (TPSA) is 110 Å². The van der Waals surface area contributed by atoms with Crippen molar-refractivity contribution in [3.63, 3.8) is 0 Å². The van der Waals surface area contributed by atoms with Gasteiger partial charge >= 0.3 is 11.8 Å². The number of nitrogens with zero attached hydrogens (tertiary/aromatic N) is 5. The van der Waals surface area contributed by atoms with Crippen LogP contribution < -0.4 is 11.2 Å². The van der Waals surface area contributed by atoms with Gasteiger partial charge in [0.1, 0.15) is 5.82 Å². The minimum absolute atomic E-state index is 0.0155. The van der Waals surface area contributed by atoms with Crippen LogP contribution in [0.1, 0.15) is 58.1 Å². The lowest BCUT2D eigenvalue weighted by Crippen LogP contribution is -2.53. The van der Waals surface area contributed by atoms with Crippen molar-refractivity contribution in [3.05, 3.63) is 93.0 Å². The molecule has 1 amide bonds. The van der Waals surface area contributed by atoms with Crippen molar-refractivity contribution >= 4 is 17.1 Å². The summed E-state index contributed by atoms with van der Waals surface area (Å²) in [6, 6.07) is 16.1. The molecule has 1 N–H and O–H groups in total. The van der Waals surface area contributed by atoms with Crippen LogP contribution in [0.4, 0.5) is 9.18 Å². The number of ether oxygens (including phenoxy) is 1. The van der Waals surface area contributed by atoms with Crippen LogP contribution in [0.25, 0.3) is 27.8 Å². The third-order valence-corrected chi connectivity index (χ3v) is 9.15. The predicted molar refractivity (Wildman–Crippen MR) is 174 cm³/mol. The van der Waals surface area contributed by atoms with E-state index < -0.39 is 34.7 Å². The molecule has 0 spiro atoms. The molecule has 3 heterocycles. The molecular weight excluding hydrogens is 589 g/mol. The molecule has 2 aromatic carbocycles. The molecule has 0 unspecified atom stereocenters. The number of halogens is 1. The first-order valence-corrected chi connectivity index (χ1v) is 15.9. The fraction of sp³-hybridized carbons (Fsp3) is 0.429. The van der Waals surface area contributed by atoms with E-state index in [1.807, 2.05) is 51.1 Å². The lowest BCUT2D eigenvalue weighted by atomic mass is 9.88. The third kappa shape index (κ3) is 6.21. The summed E-state index contributed by atoms with van der Waals surface area (Å²) in [6.45, 7) is 9.44. The van der Waals surface area contributed by atoms with E-state index in [1.165, 1.54) is 14.0 Å². The van der Waals surface area contributed by atoms with Gasteiger partial charge < -0.3 is 14.7 Å². The van der Waals surface area contributed by atoms with E-state index in [1.54, 1.807) is 6.07 Å². The minimum Gasteiger partial charge on any atom is -0.465 e. The zero-order chi connectivity index (χ0) is 32.6. The average Bonchev–Trinajstić information content (AvgIpc) is 3.02. The maximum absolute atomic E-state index is 14.5. The molecule has 6 rings (SSSR count). The molecule has 0 atom stereocenters. The fourth-order valence-corrected chi connectivity index (χ4v) is 7.06. The molecule has 2 aromatic heterocycles. The van der Waals surface area contributed by atoms with Gasteiger partial charge in [0.05, 0.1) is 30.5 Å². The summed E-state index contributed by atoms with van der Waals surface area (Å²) in [4.78, 5) is 48.3. The Hall–Kier alpha value is -4.35. The molecule has 242 valence electrons. The summed E-state index contributed by atoms with van der Waals surface area (Å²) in [5.74, 6) is -0.668. The first-order chi connectivity index (χ1) is 22.0. The zero-order valence-electron chi connectivity index (χ0n) is 26.5. The van der Waals surface area contributed by atoms with Gasteiger partial charge in [-0.15, -0.1) is 0 Å². The average molecular weight is 630 g/mol. The van der Waals surface area contributed by atoms with Crippen LogP contribution in [0.3, 0.4) is 0 Å². The van der Waals surface area contributed by atoms with Crippen LogP contribution in [-0.2, 0) is 11.3 Å². The summed E-state index contributed by atoms with van der Waals surface area (Å²) in [7, 11) is 0. The van der Waals surface area contributed by atoms with Gasteiger partial charge in [-0.3, -0.25) is 14.3 Å². The number of morpholine rings is 1. The van der Waals surface area contributed by atoms with E-state index in [4.69, 9.17) is 4.74 Å². The molecule has 1 aliphatic heterocycles. The second-order valence-electron chi connectivity index (χ2n) is 13.2. The van der Waals surface area contributed by atoms with Gasteiger partial charge in [-0.2, -0.15) is 0 Å². The Balaban J connectivity index is 1.41. The number of amides is 1. The number of aromatic nitrogens is 3. The van der Waals surface area contributed by atoms with E-state index in [0.29, 0.717) is 44.6 Å². The molecule has 2 aliphatic rings. The Labute approximate surface area is 266 Å². The first kappa shape index (κ1) is 31.6. The molecule has 46 heavy (non-hydrogen) atoms. The molecule has 2 fully saturated rings. The number of hydrogen-bond acceptors (Lipinski definition) is 6. The van der Waals surface area contributed by atoms with Gasteiger partial charge in [0.25, 0.3) is 5.56 Å². The Bertz CT molecular complexity index is 1870. The predicted octanol–water partition coefficient (Wildman–Crippen LogP) is 5.45.